The van der Waals surface area contributed by atoms with Gasteiger partial charge in [0.15, 0.2) is 0 Å². The number of aromatic hydroxyl groups is 1. The summed E-state index contributed by atoms with van der Waals surface area (Å²) < 4.78 is 0. The Morgan fingerprint density at radius 2 is 1.92 bits per heavy atom. The zero-order valence-corrected chi connectivity index (χ0v) is 6.76. The van der Waals surface area contributed by atoms with E-state index < -0.39 is 0 Å². The molecule has 0 aliphatic heterocycles. The summed E-state index contributed by atoms with van der Waals surface area (Å²) in [7, 11) is 0. The van der Waals surface area contributed by atoms with Gasteiger partial charge in [-0.3, -0.25) is 4.98 Å². The highest BCUT2D eigenvalue weighted by Gasteiger charge is 2.21. The van der Waals surface area contributed by atoms with Crippen LogP contribution in [0.4, 0.5) is 0 Å². The van der Waals surface area contributed by atoms with Crippen molar-refractivity contribution in [2.24, 2.45) is 0 Å². The molecule has 0 radical (unpaired) electrons. The van der Waals surface area contributed by atoms with Crippen LogP contribution < -0.4 is 5.69 Å². The van der Waals surface area contributed by atoms with Gasteiger partial charge >= 0.3 is 5.69 Å². The van der Waals surface area contributed by atoms with E-state index in [0.717, 1.165) is 12.8 Å². The molecule has 0 atom stereocenters. The molecule has 0 aromatic carbocycles. The molecule has 0 bridgehead atoms. The zero-order chi connectivity index (χ0) is 8.55. The quantitative estimate of drug-likeness (QED) is 0.587. The molecule has 1 aliphatic carbocycles. The third kappa shape index (κ3) is 1.13. The number of hydrogen-bond donors (Lipinski definition) is 3. The van der Waals surface area contributed by atoms with Crippen molar-refractivity contribution in [1.82, 2.24) is 9.97 Å². The van der Waals surface area contributed by atoms with Gasteiger partial charge in [0, 0.05) is 5.92 Å². The Hall–Kier alpha value is -1.19. The van der Waals surface area contributed by atoms with Crippen LogP contribution in [-0.2, 0) is 0 Å². The molecule has 4 heteroatoms. The van der Waals surface area contributed by atoms with E-state index >= 15 is 0 Å². The Kier molecular flexibility index (Phi) is 1.67. The summed E-state index contributed by atoms with van der Waals surface area (Å²) in [5, 5.41) is 9.30. The molecule has 1 fully saturated rings. The van der Waals surface area contributed by atoms with Crippen molar-refractivity contribution in [3.8, 4) is 5.88 Å². The number of hydrogen-bond acceptors (Lipinski definition) is 2. The summed E-state index contributed by atoms with van der Waals surface area (Å²) in [6.45, 7) is 0. The molecule has 66 valence electrons. The van der Waals surface area contributed by atoms with Crippen LogP contribution in [0.3, 0.4) is 0 Å². The number of aromatic amines is 2. The molecule has 1 aliphatic rings. The second-order valence-electron chi connectivity index (χ2n) is 3.32. The number of H-pyrrole nitrogens is 2. The predicted molar refractivity (Wildman–Crippen MR) is 44.3 cm³/mol. The maximum absolute atomic E-state index is 10.8. The number of imidazole rings is 1. The molecule has 1 saturated carbocycles. The lowest BCUT2D eigenvalue weighted by molar-refractivity contribution is 0.442. The number of nitrogens with one attached hydrogen (secondary N) is 2. The lowest BCUT2D eigenvalue weighted by Gasteiger charge is -2.04. The fourth-order valence-corrected chi connectivity index (χ4v) is 1.90. The normalized spacial score (nSPS) is 18.7. The molecule has 0 amide bonds. The molecule has 12 heavy (non-hydrogen) atoms. The van der Waals surface area contributed by atoms with Crippen LogP contribution >= 0.6 is 0 Å². The van der Waals surface area contributed by atoms with E-state index in [-0.39, 0.29) is 11.6 Å². The monoisotopic (exact) mass is 168 g/mol. The largest absolute Gasteiger partial charge is 0.493 e. The van der Waals surface area contributed by atoms with E-state index in [0.29, 0.717) is 11.6 Å². The van der Waals surface area contributed by atoms with Crippen LogP contribution in [0.15, 0.2) is 4.79 Å². The van der Waals surface area contributed by atoms with E-state index in [9.17, 15) is 9.90 Å². The third-order valence-corrected chi connectivity index (χ3v) is 2.50. The van der Waals surface area contributed by atoms with E-state index in [1.54, 1.807) is 0 Å². The molecule has 3 N–H and O–H groups in total. The second-order valence-corrected chi connectivity index (χ2v) is 3.32. The zero-order valence-electron chi connectivity index (χ0n) is 6.76. The van der Waals surface area contributed by atoms with Crippen molar-refractivity contribution in [2.75, 3.05) is 0 Å². The first kappa shape index (κ1) is 7.46. The minimum Gasteiger partial charge on any atom is -0.493 e. The van der Waals surface area contributed by atoms with Crippen LogP contribution in [0.2, 0.25) is 0 Å². The van der Waals surface area contributed by atoms with Crippen LogP contribution in [-0.4, -0.2) is 15.1 Å². The van der Waals surface area contributed by atoms with Crippen LogP contribution in [0.1, 0.15) is 37.3 Å². The average molecular weight is 168 g/mol. The van der Waals surface area contributed by atoms with E-state index in [1.807, 2.05) is 0 Å². The van der Waals surface area contributed by atoms with Gasteiger partial charge in [-0.25, -0.2) is 4.79 Å². The molecule has 0 saturated heterocycles. The molecule has 1 aromatic rings. The second kappa shape index (κ2) is 2.69. The molecule has 0 spiro atoms. The molecule has 2 rings (SSSR count). The van der Waals surface area contributed by atoms with Gasteiger partial charge in [-0.1, -0.05) is 12.8 Å². The average Bonchev–Trinajstić information content (AvgIpc) is 2.58. The molecule has 1 aromatic heterocycles. The van der Waals surface area contributed by atoms with E-state index in [2.05, 4.69) is 9.97 Å². The Balaban J connectivity index is 2.31. The van der Waals surface area contributed by atoms with E-state index in [4.69, 9.17) is 0 Å². The minimum atomic E-state index is -0.311. The Labute approximate surface area is 69.6 Å². The lowest BCUT2D eigenvalue weighted by Crippen LogP contribution is -2.02. The summed E-state index contributed by atoms with van der Waals surface area (Å²) in [6, 6.07) is 0. The Bertz CT molecular complexity index is 320. The van der Waals surface area contributed by atoms with Gasteiger partial charge in [-0.05, 0) is 12.8 Å². The predicted octanol–water partition coefficient (Wildman–Crippen LogP) is 1.07. The van der Waals surface area contributed by atoms with Crippen LogP contribution in [0.5, 0.6) is 5.88 Å². The van der Waals surface area contributed by atoms with Crippen LogP contribution in [0.25, 0.3) is 0 Å². The topological polar surface area (TPSA) is 68.9 Å². The SMILES string of the molecule is O=c1[nH]c(O)c(C2CCCC2)[nH]1. The van der Waals surface area contributed by atoms with Gasteiger partial charge in [-0.15, -0.1) is 0 Å². The van der Waals surface area contributed by atoms with Crippen molar-refractivity contribution < 1.29 is 5.11 Å². The fraction of sp³-hybridized carbons (Fsp3) is 0.625. The lowest BCUT2D eigenvalue weighted by atomic mass is 10.1. The summed E-state index contributed by atoms with van der Waals surface area (Å²) in [5.41, 5.74) is 0.381. The fourth-order valence-electron chi connectivity index (χ4n) is 1.90. The first-order valence-electron chi connectivity index (χ1n) is 4.28. The van der Waals surface area contributed by atoms with E-state index in [1.165, 1.54) is 12.8 Å². The van der Waals surface area contributed by atoms with Gasteiger partial charge in [0.25, 0.3) is 0 Å². The smallest absolute Gasteiger partial charge is 0.325 e. The first-order valence-corrected chi connectivity index (χ1v) is 4.28. The molecule has 1 heterocycles. The summed E-state index contributed by atoms with van der Waals surface area (Å²) >= 11 is 0. The number of aromatic nitrogens is 2. The van der Waals surface area contributed by atoms with Crippen molar-refractivity contribution in [3.63, 3.8) is 0 Å². The van der Waals surface area contributed by atoms with Crippen LogP contribution in [0, 0.1) is 0 Å². The molecule has 4 nitrogen and oxygen atoms in total. The standard InChI is InChI=1S/C8H12N2O2/c11-7-6(9-8(12)10-7)5-3-1-2-4-5/h5,11H,1-4H2,(H2,9,10,12). The maximum atomic E-state index is 10.8. The molecule has 0 unspecified atom stereocenters. The van der Waals surface area contributed by atoms with Crippen molar-refractivity contribution in [3.05, 3.63) is 16.2 Å². The van der Waals surface area contributed by atoms with Gasteiger partial charge in [0.1, 0.15) is 0 Å². The van der Waals surface area contributed by atoms with Crippen molar-refractivity contribution in [2.45, 2.75) is 31.6 Å². The maximum Gasteiger partial charge on any atom is 0.325 e. The van der Waals surface area contributed by atoms with Gasteiger partial charge in [0.2, 0.25) is 5.88 Å². The summed E-state index contributed by atoms with van der Waals surface area (Å²) in [6.07, 6.45) is 4.53. The molecular weight excluding hydrogens is 156 g/mol. The minimum absolute atomic E-state index is 0.0203. The number of rotatable bonds is 1. The highest BCUT2D eigenvalue weighted by atomic mass is 16.3. The van der Waals surface area contributed by atoms with Crippen molar-refractivity contribution >= 4 is 0 Å². The first-order chi connectivity index (χ1) is 5.77. The Morgan fingerprint density at radius 1 is 1.25 bits per heavy atom. The Morgan fingerprint density at radius 3 is 2.42 bits per heavy atom. The molecular formula is C8H12N2O2. The van der Waals surface area contributed by atoms with Gasteiger partial charge < -0.3 is 10.1 Å². The van der Waals surface area contributed by atoms with Gasteiger partial charge in [0.05, 0.1) is 5.69 Å². The highest BCUT2D eigenvalue weighted by molar-refractivity contribution is 5.21. The van der Waals surface area contributed by atoms with Gasteiger partial charge in [-0.2, -0.15) is 0 Å². The highest BCUT2D eigenvalue weighted by Crippen LogP contribution is 2.35. The van der Waals surface area contributed by atoms with Crippen molar-refractivity contribution in [1.29, 1.82) is 0 Å². The summed E-state index contributed by atoms with van der Waals surface area (Å²) in [4.78, 5) is 15.8. The summed E-state index contributed by atoms with van der Waals surface area (Å²) in [5.74, 6) is 0.371. The third-order valence-electron chi connectivity index (χ3n) is 2.50.